The summed E-state index contributed by atoms with van der Waals surface area (Å²) in [7, 11) is 0. The summed E-state index contributed by atoms with van der Waals surface area (Å²) in [6.07, 6.45) is -0.0480. The third-order valence-corrected chi connectivity index (χ3v) is 7.60. The van der Waals surface area contributed by atoms with Crippen LogP contribution in [-0.4, -0.2) is 30.8 Å². The van der Waals surface area contributed by atoms with Gasteiger partial charge in [-0.15, -0.1) is 0 Å². The number of fused-ring (bicyclic) bond motifs is 3. The van der Waals surface area contributed by atoms with Gasteiger partial charge < -0.3 is 14.2 Å². The van der Waals surface area contributed by atoms with Gasteiger partial charge in [0.25, 0.3) is 0 Å². The van der Waals surface area contributed by atoms with E-state index in [0.29, 0.717) is 17.5 Å². The lowest BCUT2D eigenvalue weighted by Gasteiger charge is -2.19. The molecule has 0 radical (unpaired) electrons. The molecule has 4 aromatic rings. The van der Waals surface area contributed by atoms with Gasteiger partial charge in [0.15, 0.2) is 0 Å². The highest BCUT2D eigenvalue weighted by Crippen LogP contribution is 2.41. The average molecular weight is 519 g/mol. The quantitative estimate of drug-likeness (QED) is 0.232. The lowest BCUT2D eigenvalue weighted by atomic mass is 9.99. The van der Waals surface area contributed by atoms with E-state index in [0.717, 1.165) is 23.1 Å². The molecule has 0 aromatic heterocycles. The Balaban J connectivity index is 1.20. The first-order valence-corrected chi connectivity index (χ1v) is 13.3. The molecule has 0 amide bonds. The van der Waals surface area contributed by atoms with Crippen molar-refractivity contribution >= 4 is 11.9 Å². The van der Waals surface area contributed by atoms with Crippen molar-refractivity contribution in [2.24, 2.45) is 0 Å². The highest BCUT2D eigenvalue weighted by molar-refractivity contribution is 5.90. The molecule has 2 aliphatic rings. The van der Waals surface area contributed by atoms with E-state index in [1.165, 1.54) is 22.3 Å². The monoisotopic (exact) mass is 518 g/mol. The van der Waals surface area contributed by atoms with Crippen LogP contribution in [0.1, 0.15) is 61.1 Å². The maximum atomic E-state index is 13.0. The van der Waals surface area contributed by atoms with E-state index in [2.05, 4.69) is 42.5 Å². The normalized spacial score (nSPS) is 19.3. The van der Waals surface area contributed by atoms with Crippen LogP contribution in [0.3, 0.4) is 0 Å². The second-order valence-electron chi connectivity index (χ2n) is 10.4. The molecule has 5 heteroatoms. The standard InChI is InChI=1S/C34H30O5/c1-21-7-11-23(12-8-21)33(35)37-20-32-31(39-34(36)24-13-9-22(2)10-14-24)19-30(38-32)26-15-16-29-27(18-26)17-25-5-3-4-6-28(25)29/h3-16,18,30-32H,17,19-20H2,1-2H3/t30-,31+,32-/m1/s1. The van der Waals surface area contributed by atoms with E-state index in [4.69, 9.17) is 14.2 Å². The van der Waals surface area contributed by atoms with Crippen LogP contribution >= 0.6 is 0 Å². The minimum Gasteiger partial charge on any atom is -0.459 e. The summed E-state index contributed by atoms with van der Waals surface area (Å²) in [5.41, 5.74) is 9.23. The summed E-state index contributed by atoms with van der Waals surface area (Å²) in [6, 6.07) is 29.4. The molecule has 4 aromatic carbocycles. The number of carbonyl (C=O) groups is 2. The van der Waals surface area contributed by atoms with E-state index in [1.54, 1.807) is 24.3 Å². The Labute approximate surface area is 228 Å². The van der Waals surface area contributed by atoms with E-state index in [9.17, 15) is 9.59 Å². The highest BCUT2D eigenvalue weighted by atomic mass is 16.6. The number of carbonyl (C=O) groups excluding carboxylic acids is 2. The number of esters is 2. The molecule has 6 rings (SSSR count). The molecule has 0 saturated carbocycles. The maximum Gasteiger partial charge on any atom is 0.338 e. The summed E-state index contributed by atoms with van der Waals surface area (Å²) in [5, 5.41) is 0. The van der Waals surface area contributed by atoms with Gasteiger partial charge in [-0.1, -0.05) is 77.9 Å². The summed E-state index contributed by atoms with van der Waals surface area (Å²) in [4.78, 5) is 25.7. The Bertz CT molecular complexity index is 1520. The predicted molar refractivity (Wildman–Crippen MR) is 149 cm³/mol. The average Bonchev–Trinajstić information content (AvgIpc) is 3.53. The number of aryl methyl sites for hydroxylation is 2. The van der Waals surface area contributed by atoms with Gasteiger partial charge in [0.05, 0.1) is 17.2 Å². The van der Waals surface area contributed by atoms with E-state index >= 15 is 0 Å². The van der Waals surface area contributed by atoms with Gasteiger partial charge in [0.1, 0.15) is 18.8 Å². The van der Waals surface area contributed by atoms with Gasteiger partial charge in [-0.2, -0.15) is 0 Å². The molecule has 1 heterocycles. The van der Waals surface area contributed by atoms with Crippen molar-refractivity contribution in [2.45, 2.75) is 45.0 Å². The van der Waals surface area contributed by atoms with Crippen molar-refractivity contribution in [3.63, 3.8) is 0 Å². The number of rotatable bonds is 6. The topological polar surface area (TPSA) is 61.8 Å². The number of hydrogen-bond donors (Lipinski definition) is 0. The zero-order valence-corrected chi connectivity index (χ0v) is 22.1. The Morgan fingerprint density at radius 3 is 2.13 bits per heavy atom. The fourth-order valence-electron chi connectivity index (χ4n) is 5.39. The molecule has 0 unspecified atom stereocenters. The van der Waals surface area contributed by atoms with Crippen LogP contribution in [0.25, 0.3) is 11.1 Å². The van der Waals surface area contributed by atoms with Crippen LogP contribution < -0.4 is 0 Å². The van der Waals surface area contributed by atoms with E-state index in [-0.39, 0.29) is 12.7 Å². The summed E-state index contributed by atoms with van der Waals surface area (Å²) >= 11 is 0. The number of hydrogen-bond acceptors (Lipinski definition) is 5. The predicted octanol–water partition coefficient (Wildman–Crippen LogP) is 6.79. The maximum absolute atomic E-state index is 13.0. The molecule has 1 aliphatic carbocycles. The molecular weight excluding hydrogens is 488 g/mol. The van der Waals surface area contributed by atoms with Gasteiger partial charge in [0.2, 0.25) is 0 Å². The lowest BCUT2D eigenvalue weighted by Crippen LogP contribution is -2.32. The van der Waals surface area contributed by atoms with Crippen LogP contribution in [0.5, 0.6) is 0 Å². The Kier molecular flexibility index (Phi) is 6.76. The zero-order chi connectivity index (χ0) is 26.9. The van der Waals surface area contributed by atoms with Gasteiger partial charge >= 0.3 is 11.9 Å². The van der Waals surface area contributed by atoms with Crippen LogP contribution in [0.2, 0.25) is 0 Å². The SMILES string of the molecule is Cc1ccc(C(=O)OC[C@H]2O[C@@H](c3ccc4c(c3)Cc3ccccc3-4)C[C@@H]2OC(=O)c2ccc(C)cc2)cc1. The summed E-state index contributed by atoms with van der Waals surface area (Å²) < 4.78 is 18.0. The van der Waals surface area contributed by atoms with Crippen molar-refractivity contribution in [1.29, 1.82) is 0 Å². The molecule has 1 aliphatic heterocycles. The molecule has 1 saturated heterocycles. The molecule has 0 bridgehead atoms. The highest BCUT2D eigenvalue weighted by Gasteiger charge is 2.40. The molecule has 39 heavy (non-hydrogen) atoms. The minimum atomic E-state index is -0.579. The van der Waals surface area contributed by atoms with Gasteiger partial charge in [-0.05, 0) is 72.4 Å². The largest absolute Gasteiger partial charge is 0.459 e. The third kappa shape index (κ3) is 5.23. The number of ether oxygens (including phenoxy) is 3. The second-order valence-corrected chi connectivity index (χ2v) is 10.4. The van der Waals surface area contributed by atoms with Crippen molar-refractivity contribution in [3.8, 4) is 11.1 Å². The Morgan fingerprint density at radius 1 is 0.769 bits per heavy atom. The van der Waals surface area contributed by atoms with Crippen LogP contribution in [0.15, 0.2) is 91.0 Å². The molecule has 5 nitrogen and oxygen atoms in total. The Hall–Kier alpha value is -4.22. The molecule has 1 fully saturated rings. The second kappa shape index (κ2) is 10.5. The fraction of sp³-hybridized carbons (Fsp3) is 0.235. The first-order chi connectivity index (χ1) is 18.9. The van der Waals surface area contributed by atoms with Gasteiger partial charge in [-0.25, -0.2) is 9.59 Å². The fourth-order valence-corrected chi connectivity index (χ4v) is 5.39. The smallest absolute Gasteiger partial charge is 0.338 e. The first kappa shape index (κ1) is 25.1. The van der Waals surface area contributed by atoms with Crippen molar-refractivity contribution < 1.29 is 23.8 Å². The summed E-state index contributed by atoms with van der Waals surface area (Å²) in [5.74, 6) is -0.843. The number of benzene rings is 4. The summed E-state index contributed by atoms with van der Waals surface area (Å²) in [6.45, 7) is 3.93. The molecule has 0 spiro atoms. The van der Waals surface area contributed by atoms with Gasteiger partial charge in [0, 0.05) is 6.42 Å². The van der Waals surface area contributed by atoms with E-state index < -0.39 is 24.1 Å². The van der Waals surface area contributed by atoms with E-state index in [1.807, 2.05) is 38.1 Å². The van der Waals surface area contributed by atoms with Crippen LogP contribution in [0, 0.1) is 13.8 Å². The molecule has 0 N–H and O–H groups in total. The molecule has 196 valence electrons. The van der Waals surface area contributed by atoms with Gasteiger partial charge in [-0.3, -0.25) is 0 Å². The minimum absolute atomic E-state index is 0.00850. The van der Waals surface area contributed by atoms with Crippen molar-refractivity contribution in [2.75, 3.05) is 6.61 Å². The van der Waals surface area contributed by atoms with Crippen molar-refractivity contribution in [1.82, 2.24) is 0 Å². The lowest BCUT2D eigenvalue weighted by molar-refractivity contribution is -0.0427. The third-order valence-electron chi connectivity index (χ3n) is 7.60. The Morgan fingerprint density at radius 2 is 1.41 bits per heavy atom. The zero-order valence-electron chi connectivity index (χ0n) is 22.1. The van der Waals surface area contributed by atoms with Crippen LogP contribution in [-0.2, 0) is 20.6 Å². The molecular formula is C34H30O5. The van der Waals surface area contributed by atoms with Crippen LogP contribution in [0.4, 0.5) is 0 Å². The van der Waals surface area contributed by atoms with Crippen molar-refractivity contribution in [3.05, 3.63) is 130 Å². The molecule has 3 atom stereocenters. The first-order valence-electron chi connectivity index (χ1n) is 13.3.